The van der Waals surface area contributed by atoms with Gasteiger partial charge in [0.25, 0.3) is 5.91 Å². The Balaban J connectivity index is 1.96. The maximum absolute atomic E-state index is 12.5. The van der Waals surface area contributed by atoms with Gasteiger partial charge >= 0.3 is 0 Å². The van der Waals surface area contributed by atoms with Crippen LogP contribution in [0.15, 0.2) is 24.3 Å². The lowest BCUT2D eigenvalue weighted by molar-refractivity contribution is -0.121. The van der Waals surface area contributed by atoms with Gasteiger partial charge in [-0.3, -0.25) is 9.59 Å². The first-order chi connectivity index (χ1) is 9.58. The van der Waals surface area contributed by atoms with E-state index in [1.165, 1.54) is 4.90 Å². The zero-order valence-electron chi connectivity index (χ0n) is 10.9. The number of primary amides is 1. The van der Waals surface area contributed by atoms with Gasteiger partial charge in [-0.05, 0) is 25.0 Å². The van der Waals surface area contributed by atoms with E-state index in [2.05, 4.69) is 4.98 Å². The number of carbonyl (C=O) groups excluding carboxylic acids is 2. The van der Waals surface area contributed by atoms with Gasteiger partial charge in [0.15, 0.2) is 0 Å². The van der Waals surface area contributed by atoms with Crippen LogP contribution in [0.3, 0.4) is 0 Å². The molecule has 1 aliphatic heterocycles. The summed E-state index contributed by atoms with van der Waals surface area (Å²) in [5.74, 6) is -0.659. The molecule has 1 aliphatic rings. The molecular formula is C14H16N4O2. The van der Waals surface area contributed by atoms with Crippen LogP contribution in [0.2, 0.25) is 0 Å². The van der Waals surface area contributed by atoms with Crippen molar-refractivity contribution in [2.24, 2.45) is 5.73 Å². The number of nitrogens with zero attached hydrogens (tertiary/aromatic N) is 1. The molecule has 1 aromatic heterocycles. The van der Waals surface area contributed by atoms with Gasteiger partial charge < -0.3 is 21.4 Å². The molecule has 1 fully saturated rings. The van der Waals surface area contributed by atoms with E-state index in [1.807, 2.05) is 12.1 Å². The second-order valence-corrected chi connectivity index (χ2v) is 5.05. The molecule has 2 amide bonds. The zero-order chi connectivity index (χ0) is 14.3. The summed E-state index contributed by atoms with van der Waals surface area (Å²) in [5.41, 5.74) is 13.0. The Morgan fingerprint density at radius 3 is 2.85 bits per heavy atom. The number of carbonyl (C=O) groups is 2. The van der Waals surface area contributed by atoms with Crippen molar-refractivity contribution < 1.29 is 9.59 Å². The molecule has 0 spiro atoms. The Labute approximate surface area is 115 Å². The summed E-state index contributed by atoms with van der Waals surface area (Å²) in [6.07, 6.45) is 1.42. The van der Waals surface area contributed by atoms with Crippen LogP contribution in [0.4, 0.5) is 5.69 Å². The number of nitrogen functional groups attached to an aromatic ring is 1. The Hall–Kier alpha value is -2.50. The van der Waals surface area contributed by atoms with E-state index in [-0.39, 0.29) is 5.91 Å². The summed E-state index contributed by atoms with van der Waals surface area (Å²) in [5, 5.41) is 0.878. The molecule has 0 bridgehead atoms. The molecule has 6 nitrogen and oxygen atoms in total. The van der Waals surface area contributed by atoms with E-state index in [4.69, 9.17) is 11.5 Å². The number of anilines is 1. The number of hydrogen-bond acceptors (Lipinski definition) is 3. The van der Waals surface area contributed by atoms with Gasteiger partial charge in [0, 0.05) is 11.9 Å². The number of amides is 2. The average Bonchev–Trinajstić information content (AvgIpc) is 3.05. The van der Waals surface area contributed by atoms with Gasteiger partial charge in [0.2, 0.25) is 5.91 Å². The fraction of sp³-hybridized carbons (Fsp3) is 0.286. The summed E-state index contributed by atoms with van der Waals surface area (Å²) in [7, 11) is 0. The van der Waals surface area contributed by atoms with Crippen LogP contribution >= 0.6 is 0 Å². The maximum atomic E-state index is 12.5. The van der Waals surface area contributed by atoms with Crippen molar-refractivity contribution in [3.63, 3.8) is 0 Å². The summed E-state index contributed by atoms with van der Waals surface area (Å²) < 4.78 is 0. The largest absolute Gasteiger partial charge is 0.397 e. The number of nitrogens with two attached hydrogens (primary N) is 2. The van der Waals surface area contributed by atoms with Crippen molar-refractivity contribution in [3.05, 3.63) is 30.0 Å². The maximum Gasteiger partial charge on any atom is 0.270 e. The number of nitrogens with one attached hydrogen (secondary N) is 1. The Morgan fingerprint density at radius 2 is 2.15 bits per heavy atom. The van der Waals surface area contributed by atoms with Crippen molar-refractivity contribution in [2.75, 3.05) is 12.3 Å². The van der Waals surface area contributed by atoms with Crippen molar-refractivity contribution in [1.82, 2.24) is 9.88 Å². The van der Waals surface area contributed by atoms with Gasteiger partial charge in [0.1, 0.15) is 11.7 Å². The second kappa shape index (κ2) is 4.56. The molecule has 1 atom stereocenters. The number of para-hydroxylation sites is 1. The first-order valence-electron chi connectivity index (χ1n) is 6.55. The third-order valence-corrected chi connectivity index (χ3v) is 3.76. The molecule has 20 heavy (non-hydrogen) atoms. The molecule has 2 aromatic rings. The highest BCUT2D eigenvalue weighted by molar-refractivity contribution is 6.02. The number of aromatic nitrogens is 1. The number of H-pyrrole nitrogens is 1. The standard InChI is InChI=1S/C14H16N4O2/c15-9-4-1-3-8-7-10(17-12(8)9)14(20)18-6-2-5-11(18)13(16)19/h1,3-4,7,11,17H,2,5-6,15H2,(H2,16,19). The smallest absolute Gasteiger partial charge is 0.270 e. The molecule has 1 saturated heterocycles. The van der Waals surface area contributed by atoms with E-state index < -0.39 is 11.9 Å². The normalized spacial score (nSPS) is 18.6. The van der Waals surface area contributed by atoms with Gasteiger partial charge in [-0.1, -0.05) is 12.1 Å². The van der Waals surface area contributed by atoms with E-state index in [1.54, 1.807) is 12.1 Å². The number of likely N-dealkylation sites (tertiary alicyclic amines) is 1. The van der Waals surface area contributed by atoms with Crippen molar-refractivity contribution in [2.45, 2.75) is 18.9 Å². The fourth-order valence-electron chi connectivity index (χ4n) is 2.76. The van der Waals surface area contributed by atoms with Crippen LogP contribution in [-0.4, -0.2) is 34.3 Å². The third kappa shape index (κ3) is 1.89. The molecule has 0 aliphatic carbocycles. The van der Waals surface area contributed by atoms with Gasteiger partial charge in [-0.2, -0.15) is 0 Å². The molecule has 0 saturated carbocycles. The van der Waals surface area contributed by atoms with Crippen molar-refractivity contribution in [3.8, 4) is 0 Å². The minimum atomic E-state index is -0.508. The Kier molecular flexibility index (Phi) is 2.85. The highest BCUT2D eigenvalue weighted by Crippen LogP contribution is 2.24. The van der Waals surface area contributed by atoms with E-state index in [9.17, 15) is 9.59 Å². The predicted octanol–water partition coefficient (Wildman–Crippen LogP) is 0.840. The lowest BCUT2D eigenvalue weighted by Gasteiger charge is -2.21. The molecule has 1 aromatic carbocycles. The Bertz CT molecular complexity index is 692. The lowest BCUT2D eigenvalue weighted by atomic mass is 10.2. The summed E-state index contributed by atoms with van der Waals surface area (Å²) >= 11 is 0. The van der Waals surface area contributed by atoms with Crippen LogP contribution in [-0.2, 0) is 4.79 Å². The second-order valence-electron chi connectivity index (χ2n) is 5.05. The SMILES string of the molecule is NC(=O)C1CCCN1C(=O)c1cc2cccc(N)c2[nH]1. The molecule has 0 radical (unpaired) electrons. The number of benzene rings is 1. The molecule has 1 unspecified atom stereocenters. The molecule has 3 rings (SSSR count). The monoisotopic (exact) mass is 272 g/mol. The van der Waals surface area contributed by atoms with Crippen molar-refractivity contribution in [1.29, 1.82) is 0 Å². The predicted molar refractivity (Wildman–Crippen MR) is 76.0 cm³/mol. The minimum absolute atomic E-state index is 0.207. The first-order valence-corrected chi connectivity index (χ1v) is 6.55. The molecular weight excluding hydrogens is 256 g/mol. The van der Waals surface area contributed by atoms with Crippen LogP contribution in [0, 0.1) is 0 Å². The number of fused-ring (bicyclic) bond motifs is 1. The van der Waals surface area contributed by atoms with Gasteiger partial charge in [-0.25, -0.2) is 0 Å². The summed E-state index contributed by atoms with van der Waals surface area (Å²) in [6, 6.07) is 6.74. The number of rotatable bonds is 2. The van der Waals surface area contributed by atoms with Gasteiger partial charge in [0.05, 0.1) is 11.2 Å². The zero-order valence-corrected chi connectivity index (χ0v) is 10.9. The molecule has 104 valence electrons. The molecule has 2 heterocycles. The highest BCUT2D eigenvalue weighted by Gasteiger charge is 2.33. The highest BCUT2D eigenvalue weighted by atomic mass is 16.2. The number of aromatic amines is 1. The number of hydrogen-bond donors (Lipinski definition) is 3. The van der Waals surface area contributed by atoms with E-state index >= 15 is 0 Å². The van der Waals surface area contributed by atoms with E-state index in [0.717, 1.165) is 17.3 Å². The van der Waals surface area contributed by atoms with E-state index in [0.29, 0.717) is 24.3 Å². The molecule has 5 N–H and O–H groups in total. The topological polar surface area (TPSA) is 105 Å². The summed E-state index contributed by atoms with van der Waals surface area (Å²) in [6.45, 7) is 0.553. The fourth-order valence-corrected chi connectivity index (χ4v) is 2.76. The van der Waals surface area contributed by atoms with Gasteiger partial charge in [-0.15, -0.1) is 0 Å². The van der Waals surface area contributed by atoms with Crippen LogP contribution in [0.25, 0.3) is 10.9 Å². The average molecular weight is 272 g/mol. The quantitative estimate of drug-likeness (QED) is 0.705. The first kappa shape index (κ1) is 12.5. The Morgan fingerprint density at radius 1 is 1.35 bits per heavy atom. The lowest BCUT2D eigenvalue weighted by Crippen LogP contribution is -2.43. The summed E-state index contributed by atoms with van der Waals surface area (Å²) in [4.78, 5) is 28.4. The molecule has 6 heteroatoms. The van der Waals surface area contributed by atoms with Crippen LogP contribution in [0.5, 0.6) is 0 Å². The van der Waals surface area contributed by atoms with Crippen LogP contribution < -0.4 is 11.5 Å². The van der Waals surface area contributed by atoms with Crippen molar-refractivity contribution >= 4 is 28.4 Å². The third-order valence-electron chi connectivity index (χ3n) is 3.76. The van der Waals surface area contributed by atoms with Crippen LogP contribution in [0.1, 0.15) is 23.3 Å². The minimum Gasteiger partial charge on any atom is -0.397 e.